The van der Waals surface area contributed by atoms with Crippen LogP contribution in [-0.4, -0.2) is 77.4 Å². The van der Waals surface area contributed by atoms with Gasteiger partial charge in [0.1, 0.15) is 0 Å². The van der Waals surface area contributed by atoms with Gasteiger partial charge in [0.15, 0.2) is 19.7 Å². The minimum atomic E-state index is -3.77. The fourth-order valence-electron chi connectivity index (χ4n) is 4.38. The molecule has 2 saturated heterocycles. The molecule has 0 amide bonds. The van der Waals surface area contributed by atoms with Gasteiger partial charge in [0, 0.05) is 31.7 Å². The first kappa shape index (κ1) is 22.4. The smallest absolute Gasteiger partial charge is 0.183 e. The molecule has 9 heteroatoms. The lowest BCUT2D eigenvalue weighted by molar-refractivity contribution is 0.0158. The Balaban J connectivity index is 1.56. The molecule has 0 radical (unpaired) electrons. The van der Waals surface area contributed by atoms with E-state index in [-0.39, 0.29) is 22.4 Å². The molecular formula is C22H28N2O5S2. The van der Waals surface area contributed by atoms with Gasteiger partial charge in [0.25, 0.3) is 0 Å². The zero-order valence-electron chi connectivity index (χ0n) is 17.3. The van der Waals surface area contributed by atoms with Crippen molar-refractivity contribution in [2.24, 2.45) is 0 Å². The van der Waals surface area contributed by atoms with Crippen molar-refractivity contribution in [1.82, 2.24) is 10.2 Å². The number of benzene rings is 2. The van der Waals surface area contributed by atoms with E-state index in [4.69, 9.17) is 4.74 Å². The fourth-order valence-corrected chi connectivity index (χ4v) is 9.12. The van der Waals surface area contributed by atoms with Crippen LogP contribution < -0.4 is 5.32 Å². The molecule has 2 heterocycles. The maximum Gasteiger partial charge on any atom is 0.183 e. The van der Waals surface area contributed by atoms with Gasteiger partial charge in [0.05, 0.1) is 34.9 Å². The summed E-state index contributed by atoms with van der Waals surface area (Å²) in [6.45, 7) is 3.30. The molecule has 3 atom stereocenters. The monoisotopic (exact) mass is 464 g/mol. The van der Waals surface area contributed by atoms with Gasteiger partial charge in [-0.05, 0) is 17.7 Å². The van der Waals surface area contributed by atoms with Crippen molar-refractivity contribution >= 4 is 19.7 Å². The van der Waals surface area contributed by atoms with Crippen LogP contribution in [0, 0.1) is 0 Å². The van der Waals surface area contributed by atoms with Crippen LogP contribution in [0.5, 0.6) is 0 Å². The maximum atomic E-state index is 13.2. The first-order valence-corrected chi connectivity index (χ1v) is 13.8. The van der Waals surface area contributed by atoms with E-state index in [0.717, 1.165) is 18.7 Å². The molecule has 168 valence electrons. The Morgan fingerprint density at radius 1 is 0.968 bits per heavy atom. The molecule has 0 aliphatic carbocycles. The van der Waals surface area contributed by atoms with E-state index in [1.54, 1.807) is 18.2 Å². The molecule has 31 heavy (non-hydrogen) atoms. The standard InChI is InChI=1S/C22H28N2O5S2/c25-30(26)16-20(22(17-30)31(27,28)19-9-5-2-6-10-19)23-15-21(18-7-3-1-4-8-18)24-11-13-29-14-12-24/h1-10,20-23H,11-17H2/t20-,21?,22-/m0/s1. The summed E-state index contributed by atoms with van der Waals surface area (Å²) in [6.07, 6.45) is 0. The highest BCUT2D eigenvalue weighted by molar-refractivity contribution is 7.96. The molecule has 0 spiro atoms. The SMILES string of the molecule is O=S1(=O)C[C@H](NCC(c2ccccc2)N2CCOCC2)[C@@H](S(=O)(=O)c2ccccc2)C1. The van der Waals surface area contributed by atoms with Crippen molar-refractivity contribution < 1.29 is 21.6 Å². The van der Waals surface area contributed by atoms with Crippen molar-refractivity contribution in [3.63, 3.8) is 0 Å². The van der Waals surface area contributed by atoms with Crippen LogP contribution >= 0.6 is 0 Å². The van der Waals surface area contributed by atoms with Gasteiger partial charge >= 0.3 is 0 Å². The van der Waals surface area contributed by atoms with E-state index in [9.17, 15) is 16.8 Å². The third kappa shape index (κ3) is 5.18. The first-order valence-electron chi connectivity index (χ1n) is 10.5. The minimum absolute atomic E-state index is 0.00786. The summed E-state index contributed by atoms with van der Waals surface area (Å²) in [6, 6.07) is 17.5. The second-order valence-corrected chi connectivity index (χ2v) is 12.4. The largest absolute Gasteiger partial charge is 0.379 e. The predicted molar refractivity (Wildman–Crippen MR) is 119 cm³/mol. The number of sulfone groups is 2. The van der Waals surface area contributed by atoms with E-state index < -0.39 is 31.0 Å². The number of nitrogens with one attached hydrogen (secondary N) is 1. The number of nitrogens with zero attached hydrogens (tertiary/aromatic N) is 1. The third-order valence-corrected chi connectivity index (χ3v) is 10.2. The van der Waals surface area contributed by atoms with Crippen LogP contribution in [0.2, 0.25) is 0 Å². The van der Waals surface area contributed by atoms with Gasteiger partial charge in [-0.2, -0.15) is 0 Å². The normalized spacial score (nSPS) is 25.3. The second kappa shape index (κ2) is 9.38. The fraction of sp³-hybridized carbons (Fsp3) is 0.455. The molecule has 2 fully saturated rings. The van der Waals surface area contributed by atoms with Crippen molar-refractivity contribution in [2.45, 2.75) is 22.2 Å². The summed E-state index contributed by atoms with van der Waals surface area (Å²) in [7, 11) is -7.22. The van der Waals surface area contributed by atoms with Crippen molar-refractivity contribution in [2.75, 3.05) is 44.4 Å². The lowest BCUT2D eigenvalue weighted by atomic mass is 10.0. The summed E-state index contributed by atoms with van der Waals surface area (Å²) < 4.78 is 56.7. The molecule has 0 aromatic heterocycles. The number of rotatable bonds is 7. The Hall–Kier alpha value is -1.78. The third-order valence-electron chi connectivity index (χ3n) is 6.01. The molecule has 4 rings (SSSR count). The Labute approximate surface area is 184 Å². The second-order valence-electron chi connectivity index (χ2n) is 8.06. The van der Waals surface area contributed by atoms with Crippen LogP contribution in [0.3, 0.4) is 0 Å². The summed E-state index contributed by atoms with van der Waals surface area (Å²) in [5.41, 5.74) is 1.11. The summed E-state index contributed by atoms with van der Waals surface area (Å²) >= 11 is 0. The number of ether oxygens (including phenoxy) is 1. The molecule has 2 aliphatic rings. The summed E-state index contributed by atoms with van der Waals surface area (Å²) in [4.78, 5) is 2.47. The average molecular weight is 465 g/mol. The molecule has 1 unspecified atom stereocenters. The van der Waals surface area contributed by atoms with E-state index in [2.05, 4.69) is 10.2 Å². The molecular weight excluding hydrogens is 436 g/mol. The molecule has 7 nitrogen and oxygen atoms in total. The summed E-state index contributed by atoms with van der Waals surface area (Å²) in [5, 5.41) is 2.32. The zero-order chi connectivity index (χ0) is 21.9. The van der Waals surface area contributed by atoms with Gasteiger partial charge in [0.2, 0.25) is 0 Å². The molecule has 1 N–H and O–H groups in total. The van der Waals surface area contributed by atoms with Crippen molar-refractivity contribution in [1.29, 1.82) is 0 Å². The van der Waals surface area contributed by atoms with Gasteiger partial charge < -0.3 is 10.1 Å². The van der Waals surface area contributed by atoms with Gasteiger partial charge in [-0.1, -0.05) is 48.5 Å². The number of hydrogen-bond acceptors (Lipinski definition) is 7. The van der Waals surface area contributed by atoms with Crippen LogP contribution in [-0.2, 0) is 24.4 Å². The Morgan fingerprint density at radius 3 is 2.23 bits per heavy atom. The van der Waals surface area contributed by atoms with Crippen molar-refractivity contribution in [3.8, 4) is 0 Å². The average Bonchev–Trinajstić information content (AvgIpc) is 3.11. The molecule has 0 saturated carbocycles. The van der Waals surface area contributed by atoms with Crippen LogP contribution in [0.15, 0.2) is 65.6 Å². The molecule has 2 aromatic rings. The highest BCUT2D eigenvalue weighted by Gasteiger charge is 2.45. The minimum Gasteiger partial charge on any atom is -0.379 e. The topological polar surface area (TPSA) is 92.8 Å². The van der Waals surface area contributed by atoms with Crippen LogP contribution in [0.25, 0.3) is 0 Å². The van der Waals surface area contributed by atoms with Crippen molar-refractivity contribution in [3.05, 3.63) is 66.2 Å². The van der Waals surface area contributed by atoms with E-state index in [0.29, 0.717) is 19.8 Å². The molecule has 0 bridgehead atoms. The van der Waals surface area contributed by atoms with Gasteiger partial charge in [-0.25, -0.2) is 16.8 Å². The first-order chi connectivity index (χ1) is 14.9. The highest BCUT2D eigenvalue weighted by atomic mass is 32.2. The molecule has 2 aromatic carbocycles. The zero-order valence-corrected chi connectivity index (χ0v) is 18.9. The Morgan fingerprint density at radius 2 is 1.58 bits per heavy atom. The lowest BCUT2D eigenvalue weighted by Crippen LogP contribution is -2.48. The summed E-state index contributed by atoms with van der Waals surface area (Å²) in [5.74, 6) is -0.524. The molecule has 2 aliphatic heterocycles. The lowest BCUT2D eigenvalue weighted by Gasteiger charge is -2.36. The number of hydrogen-bond donors (Lipinski definition) is 1. The highest BCUT2D eigenvalue weighted by Crippen LogP contribution is 2.27. The Bertz CT molecular complexity index is 1070. The van der Waals surface area contributed by atoms with Crippen LogP contribution in [0.4, 0.5) is 0 Å². The van der Waals surface area contributed by atoms with E-state index in [1.165, 1.54) is 12.1 Å². The van der Waals surface area contributed by atoms with Crippen LogP contribution in [0.1, 0.15) is 11.6 Å². The van der Waals surface area contributed by atoms with E-state index in [1.807, 2.05) is 30.3 Å². The predicted octanol–water partition coefficient (Wildman–Crippen LogP) is 1.29. The van der Waals surface area contributed by atoms with Gasteiger partial charge in [-0.15, -0.1) is 0 Å². The van der Waals surface area contributed by atoms with Gasteiger partial charge in [-0.3, -0.25) is 4.90 Å². The number of morpholine rings is 1. The van der Waals surface area contributed by atoms with E-state index >= 15 is 0 Å². The maximum absolute atomic E-state index is 13.2. The quantitative estimate of drug-likeness (QED) is 0.660. The Kier molecular flexibility index (Phi) is 6.78.